The Labute approximate surface area is 124 Å². The summed E-state index contributed by atoms with van der Waals surface area (Å²) < 4.78 is 0. The molecule has 3 N–H and O–H groups in total. The van der Waals surface area contributed by atoms with E-state index in [2.05, 4.69) is 10.6 Å². The third kappa shape index (κ3) is 3.86. The highest BCUT2D eigenvalue weighted by Crippen LogP contribution is 2.25. The Bertz CT molecular complexity index is 426. The third-order valence-corrected chi connectivity index (χ3v) is 4.28. The van der Waals surface area contributed by atoms with Crippen molar-refractivity contribution in [3.8, 4) is 0 Å². The molecule has 7 heteroatoms. The van der Waals surface area contributed by atoms with Gasteiger partial charge in [0.2, 0.25) is 5.91 Å². The quantitative estimate of drug-likeness (QED) is 0.705. The Kier molecular flexibility index (Phi) is 5.03. The molecule has 0 radical (unpaired) electrons. The summed E-state index contributed by atoms with van der Waals surface area (Å²) in [5.41, 5.74) is 0. The summed E-state index contributed by atoms with van der Waals surface area (Å²) in [6, 6.07) is -0.987. The number of fused-ring (bicyclic) bond motifs is 1. The molecule has 0 bridgehead atoms. The van der Waals surface area contributed by atoms with Gasteiger partial charge in [0.1, 0.15) is 6.04 Å². The fourth-order valence-electron chi connectivity index (χ4n) is 3.08. The van der Waals surface area contributed by atoms with Crippen molar-refractivity contribution in [2.45, 2.75) is 51.1 Å². The number of hydrogen-bond acceptors (Lipinski definition) is 3. The van der Waals surface area contributed by atoms with E-state index in [1.807, 2.05) is 6.92 Å². The summed E-state index contributed by atoms with van der Waals surface area (Å²) in [6.07, 6.45) is 3.15. The van der Waals surface area contributed by atoms with Crippen LogP contribution < -0.4 is 10.6 Å². The Hall–Kier alpha value is -1.79. The molecule has 2 fully saturated rings. The van der Waals surface area contributed by atoms with Gasteiger partial charge >= 0.3 is 12.0 Å². The number of urea groups is 1. The standard InChI is InChI=1S/C14H23N3O4/c1-2-3-11(13(19)20)16-14(21)17-7-6-10-9(8-17)4-5-12(18)15-10/h9-11H,2-8H2,1H3,(H,15,18)(H,16,21)(H,19,20)/t9?,10?,11-/m1/s1. The van der Waals surface area contributed by atoms with Crippen LogP contribution in [0.4, 0.5) is 4.79 Å². The predicted octanol–water partition coefficient (Wildman–Crippen LogP) is 0.550. The van der Waals surface area contributed by atoms with Gasteiger partial charge in [0.15, 0.2) is 0 Å². The lowest BCUT2D eigenvalue weighted by molar-refractivity contribution is -0.139. The third-order valence-electron chi connectivity index (χ3n) is 4.28. The summed E-state index contributed by atoms with van der Waals surface area (Å²) >= 11 is 0. The van der Waals surface area contributed by atoms with Crippen LogP contribution in [0.1, 0.15) is 39.0 Å². The monoisotopic (exact) mass is 297 g/mol. The van der Waals surface area contributed by atoms with Crippen LogP contribution in [-0.4, -0.2) is 53.1 Å². The summed E-state index contributed by atoms with van der Waals surface area (Å²) in [5, 5.41) is 14.6. The van der Waals surface area contributed by atoms with Crippen LogP contribution >= 0.6 is 0 Å². The lowest BCUT2D eigenvalue weighted by Crippen LogP contribution is -2.58. The summed E-state index contributed by atoms with van der Waals surface area (Å²) in [6.45, 7) is 3.01. The number of likely N-dealkylation sites (tertiary alicyclic amines) is 1. The van der Waals surface area contributed by atoms with Gasteiger partial charge < -0.3 is 20.6 Å². The zero-order valence-corrected chi connectivity index (χ0v) is 12.3. The highest BCUT2D eigenvalue weighted by atomic mass is 16.4. The van der Waals surface area contributed by atoms with Gasteiger partial charge in [0, 0.05) is 25.6 Å². The van der Waals surface area contributed by atoms with E-state index in [1.165, 1.54) is 0 Å². The SMILES string of the molecule is CCC[C@@H](NC(=O)N1CCC2NC(=O)CCC2C1)C(=O)O. The maximum atomic E-state index is 12.2. The topological polar surface area (TPSA) is 98.7 Å². The molecule has 0 aromatic heterocycles. The molecule has 0 aliphatic carbocycles. The van der Waals surface area contributed by atoms with Gasteiger partial charge in [0.25, 0.3) is 0 Å². The van der Waals surface area contributed by atoms with Crippen molar-refractivity contribution in [1.29, 1.82) is 0 Å². The minimum absolute atomic E-state index is 0.0861. The number of carboxylic acid groups (broad SMARTS) is 1. The lowest BCUT2D eigenvalue weighted by atomic mass is 9.85. The van der Waals surface area contributed by atoms with Crippen molar-refractivity contribution < 1.29 is 19.5 Å². The predicted molar refractivity (Wildman–Crippen MR) is 75.7 cm³/mol. The van der Waals surface area contributed by atoms with Gasteiger partial charge in [-0.25, -0.2) is 9.59 Å². The van der Waals surface area contributed by atoms with E-state index in [9.17, 15) is 14.4 Å². The Morgan fingerprint density at radius 2 is 2.24 bits per heavy atom. The van der Waals surface area contributed by atoms with Crippen molar-refractivity contribution in [3.05, 3.63) is 0 Å². The molecule has 3 atom stereocenters. The van der Waals surface area contributed by atoms with E-state index in [4.69, 9.17) is 5.11 Å². The molecule has 0 aromatic rings. The number of nitrogens with zero attached hydrogens (tertiary/aromatic N) is 1. The number of carbonyl (C=O) groups is 3. The van der Waals surface area contributed by atoms with E-state index in [1.54, 1.807) is 4.90 Å². The zero-order valence-electron chi connectivity index (χ0n) is 12.3. The fraction of sp³-hybridized carbons (Fsp3) is 0.786. The van der Waals surface area contributed by atoms with Crippen molar-refractivity contribution in [2.75, 3.05) is 13.1 Å². The number of aliphatic carboxylic acids is 1. The maximum Gasteiger partial charge on any atom is 0.326 e. The largest absolute Gasteiger partial charge is 0.480 e. The molecule has 2 saturated heterocycles. The molecule has 7 nitrogen and oxygen atoms in total. The van der Waals surface area contributed by atoms with Gasteiger partial charge in [-0.05, 0) is 25.2 Å². The van der Waals surface area contributed by atoms with Crippen molar-refractivity contribution >= 4 is 17.9 Å². The molecule has 3 amide bonds. The molecule has 0 saturated carbocycles. The van der Waals surface area contributed by atoms with Gasteiger partial charge in [0.05, 0.1) is 0 Å². The molecule has 2 rings (SSSR count). The van der Waals surface area contributed by atoms with E-state index < -0.39 is 12.0 Å². The molecule has 118 valence electrons. The second kappa shape index (κ2) is 6.78. The van der Waals surface area contributed by atoms with Crippen molar-refractivity contribution in [1.82, 2.24) is 15.5 Å². The number of piperidine rings is 2. The van der Waals surface area contributed by atoms with Crippen LogP contribution in [0.5, 0.6) is 0 Å². The smallest absolute Gasteiger partial charge is 0.326 e. The zero-order chi connectivity index (χ0) is 15.4. The first-order valence-electron chi connectivity index (χ1n) is 7.59. The molecule has 0 aromatic carbocycles. The number of rotatable bonds is 4. The van der Waals surface area contributed by atoms with E-state index >= 15 is 0 Å². The van der Waals surface area contributed by atoms with Crippen LogP contribution in [0, 0.1) is 5.92 Å². The molecule has 2 unspecified atom stereocenters. The van der Waals surface area contributed by atoms with Gasteiger partial charge in [-0.2, -0.15) is 0 Å². The van der Waals surface area contributed by atoms with Crippen molar-refractivity contribution in [2.24, 2.45) is 5.92 Å². The average molecular weight is 297 g/mol. The number of nitrogens with one attached hydrogen (secondary N) is 2. The lowest BCUT2D eigenvalue weighted by Gasteiger charge is -2.41. The van der Waals surface area contributed by atoms with Crippen LogP contribution in [0.2, 0.25) is 0 Å². The van der Waals surface area contributed by atoms with Crippen LogP contribution in [0.3, 0.4) is 0 Å². The van der Waals surface area contributed by atoms with E-state index in [0.717, 1.165) is 12.8 Å². The van der Waals surface area contributed by atoms with Gasteiger partial charge in [-0.3, -0.25) is 4.79 Å². The van der Waals surface area contributed by atoms with E-state index in [0.29, 0.717) is 32.4 Å². The fourth-order valence-corrected chi connectivity index (χ4v) is 3.08. The second-order valence-electron chi connectivity index (χ2n) is 5.84. The Morgan fingerprint density at radius 1 is 1.48 bits per heavy atom. The summed E-state index contributed by atoms with van der Waals surface area (Å²) in [4.78, 5) is 36.3. The highest BCUT2D eigenvalue weighted by molar-refractivity contribution is 5.82. The number of carbonyl (C=O) groups excluding carboxylic acids is 2. The summed E-state index contributed by atoms with van der Waals surface area (Å²) in [5.74, 6) is -0.635. The second-order valence-corrected chi connectivity index (χ2v) is 5.84. The molecule has 0 spiro atoms. The van der Waals surface area contributed by atoms with Gasteiger partial charge in [-0.1, -0.05) is 13.3 Å². The minimum atomic E-state index is -0.995. The molecule has 21 heavy (non-hydrogen) atoms. The molecule has 2 heterocycles. The van der Waals surface area contributed by atoms with Crippen molar-refractivity contribution in [3.63, 3.8) is 0 Å². The minimum Gasteiger partial charge on any atom is -0.480 e. The number of amides is 3. The first-order chi connectivity index (χ1) is 10.0. The first kappa shape index (κ1) is 15.6. The Balaban J connectivity index is 1.89. The average Bonchev–Trinajstić information content (AvgIpc) is 2.45. The number of hydrogen-bond donors (Lipinski definition) is 3. The Morgan fingerprint density at radius 3 is 2.90 bits per heavy atom. The van der Waals surface area contributed by atoms with Crippen LogP contribution in [-0.2, 0) is 9.59 Å². The molecule has 2 aliphatic heterocycles. The first-order valence-corrected chi connectivity index (χ1v) is 7.59. The van der Waals surface area contributed by atoms with Crippen LogP contribution in [0.15, 0.2) is 0 Å². The maximum absolute atomic E-state index is 12.2. The molecule has 2 aliphatic rings. The summed E-state index contributed by atoms with van der Waals surface area (Å²) in [7, 11) is 0. The molecular weight excluding hydrogens is 274 g/mol. The van der Waals surface area contributed by atoms with Crippen LogP contribution in [0.25, 0.3) is 0 Å². The number of carboxylic acids is 1. The molecular formula is C14H23N3O4. The van der Waals surface area contributed by atoms with E-state index in [-0.39, 0.29) is 23.9 Å². The van der Waals surface area contributed by atoms with Gasteiger partial charge in [-0.15, -0.1) is 0 Å². The highest BCUT2D eigenvalue weighted by Gasteiger charge is 2.35. The normalized spacial score (nSPS) is 26.5.